The molecule has 0 fully saturated rings. The lowest BCUT2D eigenvalue weighted by Gasteiger charge is -2.22. The van der Waals surface area contributed by atoms with Gasteiger partial charge in [0.05, 0.1) is 31.1 Å². The lowest BCUT2D eigenvalue weighted by molar-refractivity contribution is -0.0170. The van der Waals surface area contributed by atoms with Crippen LogP contribution in [0.25, 0.3) is 22.0 Å². The maximum atomic E-state index is 14.1. The molecule has 1 N–H and O–H groups in total. The Kier molecular flexibility index (Phi) is 7.06. The van der Waals surface area contributed by atoms with Crippen LogP contribution in [0.15, 0.2) is 89.5 Å². The first kappa shape index (κ1) is 25.3. The van der Waals surface area contributed by atoms with E-state index in [0.29, 0.717) is 24.4 Å². The van der Waals surface area contributed by atoms with E-state index in [1.54, 1.807) is 10.7 Å². The number of aromatic nitrogens is 2. The monoisotopic (exact) mass is 590 g/mol. The number of nitrogens with zero attached hydrogens (tertiary/aromatic N) is 2. The maximum Gasteiger partial charge on any atom is 0.123 e. The van der Waals surface area contributed by atoms with Gasteiger partial charge in [0, 0.05) is 27.7 Å². The number of hydrogen-bond acceptors (Lipinski definition) is 3. The summed E-state index contributed by atoms with van der Waals surface area (Å²) in [6.45, 7) is 0.447. The molecule has 0 bridgehead atoms. The van der Waals surface area contributed by atoms with Crippen molar-refractivity contribution in [3.8, 4) is 11.3 Å². The van der Waals surface area contributed by atoms with E-state index in [0.717, 1.165) is 48.8 Å². The number of benzene rings is 4. The molecule has 1 heterocycles. The first-order valence-corrected chi connectivity index (χ1v) is 13.7. The van der Waals surface area contributed by atoms with E-state index in [-0.39, 0.29) is 18.5 Å². The van der Waals surface area contributed by atoms with Gasteiger partial charge in [-0.2, -0.15) is 5.10 Å². The van der Waals surface area contributed by atoms with Crippen LogP contribution in [0.4, 0.5) is 4.39 Å². The molecule has 1 aromatic heterocycles. The van der Waals surface area contributed by atoms with Crippen LogP contribution in [0.1, 0.15) is 28.4 Å². The van der Waals surface area contributed by atoms with Crippen LogP contribution in [0.3, 0.4) is 0 Å². The fourth-order valence-corrected chi connectivity index (χ4v) is 5.78. The summed E-state index contributed by atoms with van der Waals surface area (Å²) >= 11 is 9.67. The second-order valence-electron chi connectivity index (χ2n) is 9.71. The van der Waals surface area contributed by atoms with E-state index >= 15 is 0 Å². The molecule has 7 heteroatoms. The molecule has 2 unspecified atom stereocenters. The summed E-state index contributed by atoms with van der Waals surface area (Å²) in [6, 6.07) is 24.9. The highest BCUT2D eigenvalue weighted by molar-refractivity contribution is 9.10. The van der Waals surface area contributed by atoms with E-state index in [4.69, 9.17) is 16.3 Å². The van der Waals surface area contributed by atoms with Crippen molar-refractivity contribution >= 4 is 38.3 Å². The van der Waals surface area contributed by atoms with Crippen LogP contribution in [-0.2, 0) is 24.1 Å². The van der Waals surface area contributed by atoms with Crippen molar-refractivity contribution in [3.05, 3.63) is 123 Å². The Morgan fingerprint density at radius 3 is 2.71 bits per heavy atom. The molecule has 0 spiro atoms. The van der Waals surface area contributed by atoms with Crippen molar-refractivity contribution in [2.75, 3.05) is 6.61 Å². The Morgan fingerprint density at radius 1 is 1.03 bits per heavy atom. The van der Waals surface area contributed by atoms with Gasteiger partial charge >= 0.3 is 0 Å². The number of aliphatic hydroxyl groups is 1. The van der Waals surface area contributed by atoms with Gasteiger partial charge in [0.15, 0.2) is 0 Å². The van der Waals surface area contributed by atoms with E-state index in [9.17, 15) is 9.50 Å². The summed E-state index contributed by atoms with van der Waals surface area (Å²) in [7, 11) is 0. The van der Waals surface area contributed by atoms with Gasteiger partial charge < -0.3 is 9.84 Å². The largest absolute Gasteiger partial charge is 0.389 e. The van der Waals surface area contributed by atoms with Crippen LogP contribution in [0, 0.1) is 5.82 Å². The summed E-state index contributed by atoms with van der Waals surface area (Å²) in [5.74, 6) is -0.235. The molecular formula is C31H25BrClFN2O2. The molecule has 4 aromatic carbocycles. The SMILES string of the molecule is OC(COC1Cc2ccc(F)cc2Cc2cc3cccc(Br)c3cc21)Cn1ccc(-c2ccc(Cl)cc2)n1. The van der Waals surface area contributed by atoms with E-state index in [1.165, 1.54) is 6.07 Å². The Hall–Kier alpha value is -3.03. The van der Waals surface area contributed by atoms with Gasteiger partial charge in [0.2, 0.25) is 0 Å². The molecule has 2 atom stereocenters. The number of halogens is 3. The van der Waals surface area contributed by atoms with Crippen LogP contribution < -0.4 is 0 Å². The second-order valence-corrected chi connectivity index (χ2v) is 11.0. The topological polar surface area (TPSA) is 47.3 Å². The van der Waals surface area contributed by atoms with Crippen molar-refractivity contribution in [2.45, 2.75) is 31.6 Å². The van der Waals surface area contributed by atoms with Gasteiger partial charge in [0.25, 0.3) is 0 Å². The minimum atomic E-state index is -0.750. The van der Waals surface area contributed by atoms with Gasteiger partial charge in [-0.3, -0.25) is 4.68 Å². The summed E-state index contributed by atoms with van der Waals surface area (Å²) in [6.07, 6.45) is 2.06. The fourth-order valence-electron chi connectivity index (χ4n) is 5.16. The zero-order valence-electron chi connectivity index (χ0n) is 20.4. The molecule has 1 aliphatic carbocycles. The minimum Gasteiger partial charge on any atom is -0.389 e. The van der Waals surface area contributed by atoms with Gasteiger partial charge in [0.1, 0.15) is 5.82 Å². The smallest absolute Gasteiger partial charge is 0.123 e. The molecule has 38 heavy (non-hydrogen) atoms. The van der Waals surface area contributed by atoms with Gasteiger partial charge in [-0.15, -0.1) is 0 Å². The standard InChI is InChI=1S/C31H25BrClFN2O2/c32-29-3-1-2-21-12-23-13-22-14-25(34)9-6-20(22)15-31(28(23)16-27(21)29)38-18-26(37)17-36-11-10-30(35-36)19-4-7-24(33)8-5-19/h1-12,14,16,26,31,37H,13,15,17-18H2. The third-order valence-corrected chi connectivity index (χ3v) is 8.00. The first-order valence-electron chi connectivity index (χ1n) is 12.5. The predicted octanol–water partition coefficient (Wildman–Crippen LogP) is 7.52. The fraction of sp³-hybridized carbons (Fsp3) is 0.194. The minimum absolute atomic E-state index is 0.144. The molecule has 0 saturated heterocycles. The van der Waals surface area contributed by atoms with Gasteiger partial charge in [-0.05, 0) is 81.9 Å². The number of rotatable bonds is 6. The normalized spacial score (nSPS) is 15.6. The molecule has 0 amide bonds. The van der Waals surface area contributed by atoms with Crippen molar-refractivity contribution in [3.63, 3.8) is 0 Å². The Balaban J connectivity index is 1.23. The quantitative estimate of drug-likeness (QED) is 0.222. The average Bonchev–Trinajstić information content (AvgIpc) is 3.30. The third-order valence-electron chi connectivity index (χ3n) is 7.06. The molecular weight excluding hydrogens is 567 g/mol. The molecule has 192 valence electrons. The Bertz CT molecular complexity index is 1620. The summed E-state index contributed by atoms with van der Waals surface area (Å²) < 4.78 is 23.2. The Labute approximate surface area is 233 Å². The van der Waals surface area contributed by atoms with Crippen molar-refractivity contribution < 1.29 is 14.2 Å². The van der Waals surface area contributed by atoms with Crippen LogP contribution in [-0.4, -0.2) is 27.6 Å². The lowest BCUT2D eigenvalue weighted by Crippen LogP contribution is -2.24. The van der Waals surface area contributed by atoms with Crippen molar-refractivity contribution in [1.82, 2.24) is 9.78 Å². The molecule has 0 radical (unpaired) electrons. The highest BCUT2D eigenvalue weighted by atomic mass is 79.9. The zero-order chi connectivity index (χ0) is 26.2. The molecule has 0 aliphatic heterocycles. The molecule has 4 nitrogen and oxygen atoms in total. The number of hydrogen-bond donors (Lipinski definition) is 1. The zero-order valence-corrected chi connectivity index (χ0v) is 22.8. The molecule has 0 saturated carbocycles. The molecule has 5 aromatic rings. The third kappa shape index (κ3) is 5.27. The highest BCUT2D eigenvalue weighted by Crippen LogP contribution is 2.37. The number of fused-ring (bicyclic) bond motifs is 3. The van der Waals surface area contributed by atoms with Crippen LogP contribution in [0.2, 0.25) is 5.02 Å². The van der Waals surface area contributed by atoms with Crippen LogP contribution >= 0.6 is 27.5 Å². The molecule has 1 aliphatic rings. The number of ether oxygens (including phenoxy) is 1. The van der Waals surface area contributed by atoms with E-state index in [2.05, 4.69) is 39.2 Å². The van der Waals surface area contributed by atoms with Crippen LogP contribution in [0.5, 0.6) is 0 Å². The predicted molar refractivity (Wildman–Crippen MR) is 152 cm³/mol. The van der Waals surface area contributed by atoms with E-state index in [1.807, 2.05) is 54.7 Å². The van der Waals surface area contributed by atoms with Crippen molar-refractivity contribution in [2.24, 2.45) is 0 Å². The highest BCUT2D eigenvalue weighted by Gasteiger charge is 2.25. The van der Waals surface area contributed by atoms with E-state index < -0.39 is 6.10 Å². The summed E-state index contributed by atoms with van der Waals surface area (Å²) in [5, 5.41) is 18.3. The maximum absolute atomic E-state index is 14.1. The number of aliphatic hydroxyl groups excluding tert-OH is 1. The summed E-state index contributed by atoms with van der Waals surface area (Å²) in [4.78, 5) is 0. The van der Waals surface area contributed by atoms with Gasteiger partial charge in [-0.25, -0.2) is 4.39 Å². The second kappa shape index (κ2) is 10.6. The van der Waals surface area contributed by atoms with Gasteiger partial charge in [-0.1, -0.05) is 63.9 Å². The molecule has 6 rings (SSSR count). The van der Waals surface area contributed by atoms with Crippen molar-refractivity contribution in [1.29, 1.82) is 0 Å². The first-order chi connectivity index (χ1) is 18.4. The average molecular weight is 592 g/mol. The summed E-state index contributed by atoms with van der Waals surface area (Å²) in [5.41, 5.74) is 5.98. The Morgan fingerprint density at radius 2 is 1.87 bits per heavy atom. The lowest BCUT2D eigenvalue weighted by atomic mass is 9.95.